The van der Waals surface area contributed by atoms with Gasteiger partial charge in [-0.1, -0.05) is 26.8 Å². The monoisotopic (exact) mass is 351 g/mol. The van der Waals surface area contributed by atoms with Crippen LogP contribution in [-0.4, -0.2) is 24.2 Å². The smallest absolute Gasteiger partial charge is 0.403 e. The third-order valence-electron chi connectivity index (χ3n) is 4.87. The minimum Gasteiger partial charge on any atom is -0.403 e. The maximum Gasteiger partial charge on any atom is 0.457 e. The fraction of sp³-hybridized carbons (Fsp3) is 0.722. The molecule has 1 N–H and O–H groups in total. The van der Waals surface area contributed by atoms with Crippen molar-refractivity contribution < 1.29 is 14.1 Å². The molecule has 1 saturated heterocycles. The number of rotatable bonds is 5. The minimum atomic E-state index is -0.403. The van der Waals surface area contributed by atoms with Crippen LogP contribution in [-0.2, 0) is 14.1 Å². The Morgan fingerprint density at radius 2 is 1.83 bits per heavy atom. The summed E-state index contributed by atoms with van der Waals surface area (Å²) in [5, 5.41) is 5.23. The van der Waals surface area contributed by atoms with Crippen LogP contribution in [0.3, 0.4) is 0 Å². The summed E-state index contributed by atoms with van der Waals surface area (Å²) < 4.78 is 12.1. The molecule has 0 saturated carbocycles. The molecule has 1 fully saturated rings. The van der Waals surface area contributed by atoms with Gasteiger partial charge in [-0.25, -0.2) is 0 Å². The molecule has 24 heavy (non-hydrogen) atoms. The van der Waals surface area contributed by atoms with Gasteiger partial charge in [0.25, 0.3) is 0 Å². The predicted octanol–water partition coefficient (Wildman–Crippen LogP) is 4.43. The van der Waals surface area contributed by atoms with Crippen LogP contribution in [0.4, 0.5) is 0 Å². The molecule has 0 spiro atoms. The largest absolute Gasteiger partial charge is 0.457 e. The molecule has 1 aliphatic heterocycles. The van der Waals surface area contributed by atoms with Crippen LogP contribution < -0.4 is 5.32 Å². The molecule has 1 atom stereocenters. The van der Waals surface area contributed by atoms with E-state index in [9.17, 15) is 4.79 Å². The number of carbonyl (C=O) groups excluding carboxylic acids is 1. The Bertz CT molecular complexity index is 547. The average Bonchev–Trinajstić information content (AvgIpc) is 3.00. The summed E-state index contributed by atoms with van der Waals surface area (Å²) in [6.07, 6.45) is 1.54. The van der Waals surface area contributed by atoms with Gasteiger partial charge in [-0.05, 0) is 51.9 Å². The van der Waals surface area contributed by atoms with E-state index in [0.29, 0.717) is 0 Å². The van der Waals surface area contributed by atoms with Crippen molar-refractivity contribution in [2.24, 2.45) is 5.41 Å². The summed E-state index contributed by atoms with van der Waals surface area (Å²) >= 11 is 1.67. The second kappa shape index (κ2) is 6.81. The fourth-order valence-corrected chi connectivity index (χ4v) is 3.35. The van der Waals surface area contributed by atoms with Gasteiger partial charge in [-0.2, -0.15) is 0 Å². The lowest BCUT2D eigenvalue weighted by Crippen LogP contribution is -2.41. The van der Waals surface area contributed by atoms with E-state index in [1.165, 1.54) is 4.88 Å². The first-order valence-electron chi connectivity index (χ1n) is 8.62. The first kappa shape index (κ1) is 19.5. The maximum absolute atomic E-state index is 12.4. The number of nitrogens with one attached hydrogen (secondary N) is 1. The molecule has 1 aromatic rings. The van der Waals surface area contributed by atoms with Gasteiger partial charge in [0.2, 0.25) is 5.91 Å². The Balaban J connectivity index is 2.01. The maximum atomic E-state index is 12.4. The van der Waals surface area contributed by atoms with Gasteiger partial charge in [0.1, 0.15) is 0 Å². The van der Waals surface area contributed by atoms with Crippen LogP contribution in [0.25, 0.3) is 0 Å². The molecule has 1 unspecified atom stereocenters. The quantitative estimate of drug-likeness (QED) is 0.798. The van der Waals surface area contributed by atoms with Crippen molar-refractivity contribution in [3.63, 3.8) is 0 Å². The Labute approximate surface area is 150 Å². The van der Waals surface area contributed by atoms with Crippen molar-refractivity contribution in [2.45, 2.75) is 78.5 Å². The topological polar surface area (TPSA) is 47.6 Å². The summed E-state index contributed by atoms with van der Waals surface area (Å²) in [5.41, 5.74) is -1.03. The molecule has 2 rings (SSSR count). The number of carbonyl (C=O) groups is 1. The Morgan fingerprint density at radius 3 is 2.29 bits per heavy atom. The second-order valence-electron chi connectivity index (χ2n) is 8.55. The van der Waals surface area contributed by atoms with Crippen molar-refractivity contribution in [2.75, 3.05) is 0 Å². The van der Waals surface area contributed by atoms with E-state index >= 15 is 0 Å². The van der Waals surface area contributed by atoms with E-state index in [-0.39, 0.29) is 30.3 Å². The first-order valence-corrected chi connectivity index (χ1v) is 9.50. The summed E-state index contributed by atoms with van der Waals surface area (Å²) in [4.78, 5) is 13.6. The molecule has 0 aromatic carbocycles. The average molecular weight is 351 g/mol. The fourth-order valence-electron chi connectivity index (χ4n) is 2.54. The SMILES string of the molecule is CC(C)(C)C(=O)NC(CCB1OC(C)(C)C(C)(C)O1)c1cccs1. The highest BCUT2D eigenvalue weighted by Gasteiger charge is 2.50. The van der Waals surface area contributed by atoms with E-state index in [2.05, 4.69) is 39.1 Å². The number of hydrogen-bond acceptors (Lipinski definition) is 4. The van der Waals surface area contributed by atoms with Crippen molar-refractivity contribution in [1.82, 2.24) is 5.32 Å². The van der Waals surface area contributed by atoms with Gasteiger partial charge in [-0.15, -0.1) is 11.3 Å². The highest BCUT2D eigenvalue weighted by Crippen LogP contribution is 2.39. The number of hydrogen-bond donors (Lipinski definition) is 1. The number of amides is 1. The van der Waals surface area contributed by atoms with Gasteiger partial charge in [0, 0.05) is 10.3 Å². The zero-order valence-corrected chi connectivity index (χ0v) is 16.8. The van der Waals surface area contributed by atoms with Gasteiger partial charge >= 0.3 is 7.12 Å². The number of thiophene rings is 1. The van der Waals surface area contributed by atoms with Gasteiger partial charge in [-0.3, -0.25) is 4.79 Å². The zero-order chi connectivity index (χ0) is 18.2. The van der Waals surface area contributed by atoms with E-state index in [0.717, 1.165) is 12.7 Å². The lowest BCUT2D eigenvalue weighted by Gasteiger charge is -2.32. The Morgan fingerprint density at radius 1 is 1.25 bits per heavy atom. The first-order chi connectivity index (χ1) is 10.9. The highest BCUT2D eigenvalue weighted by atomic mass is 32.1. The lowest BCUT2D eigenvalue weighted by molar-refractivity contribution is -0.129. The van der Waals surface area contributed by atoms with Crippen LogP contribution in [0.2, 0.25) is 6.32 Å². The molecule has 1 aromatic heterocycles. The third-order valence-corrected chi connectivity index (χ3v) is 5.85. The molecule has 0 aliphatic carbocycles. The molecular formula is C18H30BNO3S. The summed E-state index contributed by atoms with van der Waals surface area (Å²) in [6.45, 7) is 14.0. The summed E-state index contributed by atoms with van der Waals surface area (Å²) in [7, 11) is -0.232. The van der Waals surface area contributed by atoms with E-state index < -0.39 is 5.41 Å². The van der Waals surface area contributed by atoms with E-state index in [1.807, 2.05) is 32.2 Å². The molecule has 2 heterocycles. The van der Waals surface area contributed by atoms with Crippen molar-refractivity contribution in [1.29, 1.82) is 0 Å². The lowest BCUT2D eigenvalue weighted by atomic mass is 9.81. The molecule has 0 radical (unpaired) electrons. The Hall–Kier alpha value is -0.845. The summed E-state index contributed by atoms with van der Waals surface area (Å²) in [6, 6.07) is 4.09. The van der Waals surface area contributed by atoms with Gasteiger partial charge in [0.05, 0.1) is 17.2 Å². The zero-order valence-electron chi connectivity index (χ0n) is 15.9. The minimum absolute atomic E-state index is 0.00394. The predicted molar refractivity (Wildman–Crippen MR) is 100 cm³/mol. The van der Waals surface area contributed by atoms with E-state index in [4.69, 9.17) is 9.31 Å². The standard InChI is InChI=1S/C18H30BNO3S/c1-16(2,3)15(21)20-13(14-9-8-12-24-14)10-11-19-22-17(4,5)18(6,7)23-19/h8-9,12-13H,10-11H2,1-7H3,(H,20,21). The van der Waals surface area contributed by atoms with Crippen LogP contribution in [0, 0.1) is 5.41 Å². The molecule has 1 amide bonds. The molecular weight excluding hydrogens is 321 g/mol. The van der Waals surface area contributed by atoms with Crippen LogP contribution >= 0.6 is 11.3 Å². The summed E-state index contributed by atoms with van der Waals surface area (Å²) in [5.74, 6) is 0.0646. The van der Waals surface area contributed by atoms with Crippen LogP contribution in [0.1, 0.15) is 65.8 Å². The van der Waals surface area contributed by atoms with Gasteiger partial charge < -0.3 is 14.6 Å². The molecule has 0 bridgehead atoms. The van der Waals surface area contributed by atoms with Crippen LogP contribution in [0.5, 0.6) is 0 Å². The third kappa shape index (κ3) is 4.41. The van der Waals surface area contributed by atoms with Gasteiger partial charge in [0.15, 0.2) is 0 Å². The van der Waals surface area contributed by atoms with Crippen molar-refractivity contribution in [3.05, 3.63) is 22.4 Å². The van der Waals surface area contributed by atoms with Crippen molar-refractivity contribution >= 4 is 24.4 Å². The molecule has 6 heteroatoms. The molecule has 1 aliphatic rings. The normalized spacial score (nSPS) is 20.9. The van der Waals surface area contributed by atoms with Crippen LogP contribution in [0.15, 0.2) is 17.5 Å². The second-order valence-corrected chi connectivity index (χ2v) is 9.53. The van der Waals surface area contributed by atoms with E-state index in [1.54, 1.807) is 11.3 Å². The molecule has 4 nitrogen and oxygen atoms in total. The van der Waals surface area contributed by atoms with Crippen molar-refractivity contribution in [3.8, 4) is 0 Å². The highest BCUT2D eigenvalue weighted by molar-refractivity contribution is 7.10. The Kier molecular flexibility index (Phi) is 5.53. The molecule has 134 valence electrons.